The molecule has 122 valence electrons. The van der Waals surface area contributed by atoms with E-state index in [0.29, 0.717) is 18.1 Å². The van der Waals surface area contributed by atoms with E-state index >= 15 is 0 Å². The van der Waals surface area contributed by atoms with Gasteiger partial charge in [-0.15, -0.1) is 0 Å². The van der Waals surface area contributed by atoms with Gasteiger partial charge in [0.15, 0.2) is 0 Å². The maximum Gasteiger partial charge on any atom is 0.319 e. The fourth-order valence-corrected chi connectivity index (χ4v) is 2.87. The molecule has 1 fully saturated rings. The average Bonchev–Trinajstić information content (AvgIpc) is 3.14. The van der Waals surface area contributed by atoms with Crippen molar-refractivity contribution in [3.8, 4) is 11.5 Å². The zero-order valence-electron chi connectivity index (χ0n) is 13.1. The number of urea groups is 1. The third-order valence-electron chi connectivity index (χ3n) is 4.13. The number of amides is 2. The Morgan fingerprint density at radius 2 is 2.30 bits per heavy atom. The molecule has 0 spiro atoms. The van der Waals surface area contributed by atoms with Crippen molar-refractivity contribution in [1.29, 1.82) is 0 Å². The highest BCUT2D eigenvalue weighted by molar-refractivity contribution is 5.89. The molecule has 1 saturated carbocycles. The lowest BCUT2D eigenvalue weighted by Gasteiger charge is -2.15. The summed E-state index contributed by atoms with van der Waals surface area (Å²) in [7, 11) is 0. The number of nitrogens with zero attached hydrogens (tertiary/aromatic N) is 1. The monoisotopic (exact) mass is 315 g/mol. The Bertz CT molecular complexity index is 683. The number of hydrogen-bond acceptors (Lipinski definition) is 4. The largest absolute Gasteiger partial charge is 0.441 e. The van der Waals surface area contributed by atoms with E-state index in [1.807, 2.05) is 31.2 Å². The van der Waals surface area contributed by atoms with Crippen LogP contribution in [-0.4, -0.2) is 28.8 Å². The van der Waals surface area contributed by atoms with Gasteiger partial charge in [0.2, 0.25) is 5.89 Å². The topological polar surface area (TPSA) is 87.4 Å². The molecule has 0 unspecified atom stereocenters. The third kappa shape index (κ3) is 3.90. The fourth-order valence-electron chi connectivity index (χ4n) is 2.87. The lowest BCUT2D eigenvalue weighted by molar-refractivity contribution is 0.133. The number of oxazole rings is 1. The molecule has 2 atom stereocenters. The Balaban J connectivity index is 1.58. The van der Waals surface area contributed by atoms with Crippen LogP contribution in [0.2, 0.25) is 0 Å². The summed E-state index contributed by atoms with van der Waals surface area (Å²) in [5, 5.41) is 15.4. The number of aryl methyl sites for hydroxylation is 1. The lowest BCUT2D eigenvalue weighted by atomic mass is 10.1. The van der Waals surface area contributed by atoms with Crippen molar-refractivity contribution in [2.45, 2.75) is 32.3 Å². The summed E-state index contributed by atoms with van der Waals surface area (Å²) in [5.41, 5.74) is 1.48. The number of carbonyl (C=O) groups is 1. The van der Waals surface area contributed by atoms with Gasteiger partial charge in [-0.1, -0.05) is 12.5 Å². The fraction of sp³-hybridized carbons (Fsp3) is 0.412. The average molecular weight is 315 g/mol. The van der Waals surface area contributed by atoms with Crippen LogP contribution >= 0.6 is 0 Å². The summed E-state index contributed by atoms with van der Waals surface area (Å²) in [6.07, 6.45) is 4.17. The van der Waals surface area contributed by atoms with E-state index in [0.717, 1.165) is 30.6 Å². The summed E-state index contributed by atoms with van der Waals surface area (Å²) >= 11 is 0. The number of hydrogen-bond donors (Lipinski definition) is 3. The molecule has 0 aliphatic heterocycles. The van der Waals surface area contributed by atoms with Crippen LogP contribution in [0.1, 0.15) is 25.0 Å². The predicted molar refractivity (Wildman–Crippen MR) is 87.0 cm³/mol. The number of carbonyl (C=O) groups excluding carboxylic acids is 1. The first kappa shape index (κ1) is 15.6. The maximum absolute atomic E-state index is 12.0. The number of nitrogens with one attached hydrogen (secondary N) is 2. The number of rotatable bonds is 4. The zero-order valence-corrected chi connectivity index (χ0v) is 13.1. The SMILES string of the molecule is Cc1cnc(-c2cccc(NC(=O)NC[C@H]3CCC[C@@H]3O)c2)o1. The molecule has 2 amide bonds. The second kappa shape index (κ2) is 6.83. The van der Waals surface area contributed by atoms with Crippen LogP contribution < -0.4 is 10.6 Å². The van der Waals surface area contributed by atoms with E-state index < -0.39 is 0 Å². The van der Waals surface area contributed by atoms with Crippen molar-refractivity contribution in [2.75, 3.05) is 11.9 Å². The number of aromatic nitrogens is 1. The van der Waals surface area contributed by atoms with Crippen molar-refractivity contribution in [1.82, 2.24) is 10.3 Å². The summed E-state index contributed by atoms with van der Waals surface area (Å²) in [6, 6.07) is 7.07. The van der Waals surface area contributed by atoms with Gasteiger partial charge < -0.3 is 20.2 Å². The summed E-state index contributed by atoms with van der Waals surface area (Å²) < 4.78 is 5.49. The van der Waals surface area contributed by atoms with Crippen molar-refractivity contribution in [3.05, 3.63) is 36.2 Å². The molecular formula is C17H21N3O3. The molecule has 1 heterocycles. The van der Waals surface area contributed by atoms with Crippen LogP contribution in [0.25, 0.3) is 11.5 Å². The van der Waals surface area contributed by atoms with Crippen molar-refractivity contribution in [3.63, 3.8) is 0 Å². The van der Waals surface area contributed by atoms with Gasteiger partial charge in [0.1, 0.15) is 5.76 Å². The Morgan fingerprint density at radius 3 is 3.00 bits per heavy atom. The normalized spacial score (nSPS) is 20.4. The summed E-state index contributed by atoms with van der Waals surface area (Å²) in [6.45, 7) is 2.33. The maximum atomic E-state index is 12.0. The summed E-state index contributed by atoms with van der Waals surface area (Å²) in [5.74, 6) is 1.43. The predicted octanol–water partition coefficient (Wildman–Crippen LogP) is 2.93. The third-order valence-corrected chi connectivity index (χ3v) is 4.13. The van der Waals surface area contributed by atoms with Crippen LogP contribution in [0.3, 0.4) is 0 Å². The van der Waals surface area contributed by atoms with Gasteiger partial charge in [0.25, 0.3) is 0 Å². The molecule has 3 rings (SSSR count). The number of benzene rings is 1. The van der Waals surface area contributed by atoms with Crippen molar-refractivity contribution < 1.29 is 14.3 Å². The number of aliphatic hydroxyl groups excluding tert-OH is 1. The highest BCUT2D eigenvalue weighted by atomic mass is 16.4. The molecular weight excluding hydrogens is 294 g/mol. The molecule has 2 aromatic rings. The second-order valence-corrected chi connectivity index (χ2v) is 5.95. The van der Waals surface area contributed by atoms with E-state index in [-0.39, 0.29) is 18.1 Å². The molecule has 3 N–H and O–H groups in total. The van der Waals surface area contributed by atoms with Crippen LogP contribution in [0, 0.1) is 12.8 Å². The van der Waals surface area contributed by atoms with E-state index in [1.54, 1.807) is 6.20 Å². The van der Waals surface area contributed by atoms with Crippen LogP contribution in [0.4, 0.5) is 10.5 Å². The van der Waals surface area contributed by atoms with Gasteiger partial charge in [0.05, 0.1) is 12.3 Å². The first-order valence-corrected chi connectivity index (χ1v) is 7.87. The molecule has 1 aliphatic carbocycles. The van der Waals surface area contributed by atoms with E-state index in [9.17, 15) is 9.90 Å². The quantitative estimate of drug-likeness (QED) is 0.809. The molecule has 6 heteroatoms. The molecule has 1 aliphatic rings. The molecule has 0 bridgehead atoms. The minimum atomic E-state index is -0.299. The molecule has 6 nitrogen and oxygen atoms in total. The molecule has 0 saturated heterocycles. The Kier molecular flexibility index (Phi) is 4.62. The number of aliphatic hydroxyl groups is 1. The van der Waals surface area contributed by atoms with E-state index in [4.69, 9.17) is 4.42 Å². The van der Waals surface area contributed by atoms with Gasteiger partial charge in [-0.05, 0) is 38.0 Å². The van der Waals surface area contributed by atoms with Crippen LogP contribution in [-0.2, 0) is 0 Å². The van der Waals surface area contributed by atoms with Gasteiger partial charge >= 0.3 is 6.03 Å². The molecule has 23 heavy (non-hydrogen) atoms. The standard InChI is InChI=1S/C17H21N3O3/c1-11-9-18-16(23-11)12-4-2-6-14(8-12)20-17(22)19-10-13-5-3-7-15(13)21/h2,4,6,8-9,13,15,21H,3,5,7,10H2,1H3,(H2,19,20,22)/t13-,15+/m1/s1. The van der Waals surface area contributed by atoms with Gasteiger partial charge in [-0.25, -0.2) is 9.78 Å². The molecule has 1 aromatic carbocycles. The van der Waals surface area contributed by atoms with Gasteiger partial charge in [-0.3, -0.25) is 0 Å². The van der Waals surface area contributed by atoms with Gasteiger partial charge in [-0.2, -0.15) is 0 Å². The highest BCUT2D eigenvalue weighted by Gasteiger charge is 2.25. The van der Waals surface area contributed by atoms with Crippen molar-refractivity contribution >= 4 is 11.7 Å². The zero-order chi connectivity index (χ0) is 16.2. The van der Waals surface area contributed by atoms with Crippen LogP contribution in [0.15, 0.2) is 34.9 Å². The number of anilines is 1. The van der Waals surface area contributed by atoms with Crippen molar-refractivity contribution in [2.24, 2.45) is 5.92 Å². The lowest BCUT2D eigenvalue weighted by Crippen LogP contribution is -2.35. The first-order chi connectivity index (χ1) is 11.1. The van der Waals surface area contributed by atoms with E-state index in [2.05, 4.69) is 15.6 Å². The minimum absolute atomic E-state index is 0.155. The summed E-state index contributed by atoms with van der Waals surface area (Å²) in [4.78, 5) is 16.2. The second-order valence-electron chi connectivity index (χ2n) is 5.95. The van der Waals surface area contributed by atoms with Crippen LogP contribution in [0.5, 0.6) is 0 Å². The Labute approximate surface area is 134 Å². The Hall–Kier alpha value is -2.34. The highest BCUT2D eigenvalue weighted by Crippen LogP contribution is 2.25. The van der Waals surface area contributed by atoms with E-state index in [1.165, 1.54) is 0 Å². The smallest absolute Gasteiger partial charge is 0.319 e. The molecule has 0 radical (unpaired) electrons. The molecule has 1 aromatic heterocycles. The minimum Gasteiger partial charge on any atom is -0.441 e. The first-order valence-electron chi connectivity index (χ1n) is 7.87. The Morgan fingerprint density at radius 1 is 1.43 bits per heavy atom. The van der Waals surface area contributed by atoms with Gasteiger partial charge in [0, 0.05) is 23.7 Å².